The Morgan fingerprint density at radius 2 is 2.12 bits per heavy atom. The number of nitrogens with one attached hydrogen (secondary N) is 1. The summed E-state index contributed by atoms with van der Waals surface area (Å²) in [4.78, 5) is 4.49. The normalized spacial score (nSPS) is 12.9. The zero-order valence-electron chi connectivity index (χ0n) is 10.9. The Kier molecular flexibility index (Phi) is 6.16. The van der Waals surface area contributed by atoms with Crippen LogP contribution in [0.25, 0.3) is 0 Å². The lowest BCUT2D eigenvalue weighted by Crippen LogP contribution is -2.24. The van der Waals surface area contributed by atoms with Crippen molar-refractivity contribution in [2.75, 3.05) is 6.54 Å². The van der Waals surface area contributed by atoms with Crippen LogP contribution >= 0.6 is 0 Å². The third kappa shape index (κ3) is 3.63. The van der Waals surface area contributed by atoms with Gasteiger partial charge in [-0.25, -0.2) is 4.98 Å². The maximum Gasteiger partial charge on any atom is 0.125 e. The molecular weight excluding hydrogens is 198 g/mol. The van der Waals surface area contributed by atoms with E-state index in [2.05, 4.69) is 41.8 Å². The third-order valence-electron chi connectivity index (χ3n) is 2.95. The molecule has 3 heteroatoms. The second-order valence-electron chi connectivity index (χ2n) is 4.18. The highest BCUT2D eigenvalue weighted by molar-refractivity contribution is 4.99. The molecule has 1 atom stereocenters. The van der Waals surface area contributed by atoms with Crippen LogP contribution in [0.4, 0.5) is 0 Å². The molecule has 16 heavy (non-hydrogen) atoms. The SMILES string of the molecule is CCCCCC(NCC)c1nccn1CC. The fourth-order valence-electron chi connectivity index (χ4n) is 2.07. The van der Waals surface area contributed by atoms with Crippen LogP contribution in [0.15, 0.2) is 12.4 Å². The minimum Gasteiger partial charge on any atom is -0.334 e. The van der Waals surface area contributed by atoms with Gasteiger partial charge in [0.2, 0.25) is 0 Å². The van der Waals surface area contributed by atoms with Crippen LogP contribution in [-0.2, 0) is 6.54 Å². The fourth-order valence-corrected chi connectivity index (χ4v) is 2.07. The van der Waals surface area contributed by atoms with E-state index in [-0.39, 0.29) is 0 Å². The molecule has 1 N–H and O–H groups in total. The molecule has 1 rings (SSSR count). The van der Waals surface area contributed by atoms with Crippen LogP contribution in [-0.4, -0.2) is 16.1 Å². The minimum atomic E-state index is 0.423. The van der Waals surface area contributed by atoms with Crippen molar-refractivity contribution in [2.24, 2.45) is 0 Å². The molecule has 0 aliphatic heterocycles. The summed E-state index contributed by atoms with van der Waals surface area (Å²) in [7, 11) is 0. The van der Waals surface area contributed by atoms with Gasteiger partial charge >= 0.3 is 0 Å². The summed E-state index contributed by atoms with van der Waals surface area (Å²) in [6.45, 7) is 8.58. The topological polar surface area (TPSA) is 29.9 Å². The number of hydrogen-bond donors (Lipinski definition) is 1. The van der Waals surface area contributed by atoms with E-state index >= 15 is 0 Å². The van der Waals surface area contributed by atoms with Gasteiger partial charge in [0.1, 0.15) is 5.82 Å². The molecule has 0 aliphatic carbocycles. The Labute approximate surface area is 99.3 Å². The minimum absolute atomic E-state index is 0.423. The van der Waals surface area contributed by atoms with Crippen LogP contribution < -0.4 is 5.32 Å². The average Bonchev–Trinajstić information content (AvgIpc) is 2.76. The van der Waals surface area contributed by atoms with Crippen LogP contribution in [0, 0.1) is 0 Å². The van der Waals surface area contributed by atoms with Crippen LogP contribution in [0.3, 0.4) is 0 Å². The predicted octanol–water partition coefficient (Wildman–Crippen LogP) is 3.13. The molecule has 0 saturated heterocycles. The van der Waals surface area contributed by atoms with E-state index in [9.17, 15) is 0 Å². The second kappa shape index (κ2) is 7.44. The van der Waals surface area contributed by atoms with E-state index in [1.165, 1.54) is 31.5 Å². The largest absolute Gasteiger partial charge is 0.334 e. The van der Waals surface area contributed by atoms with Crippen molar-refractivity contribution in [2.45, 2.75) is 59.0 Å². The zero-order chi connectivity index (χ0) is 11.8. The smallest absolute Gasteiger partial charge is 0.125 e. The molecular formula is C13H25N3. The first kappa shape index (κ1) is 13.2. The average molecular weight is 223 g/mol. The van der Waals surface area contributed by atoms with Crippen LogP contribution in [0.5, 0.6) is 0 Å². The van der Waals surface area contributed by atoms with E-state index in [0.29, 0.717) is 6.04 Å². The lowest BCUT2D eigenvalue weighted by Gasteiger charge is -2.18. The van der Waals surface area contributed by atoms with Crippen molar-refractivity contribution in [3.63, 3.8) is 0 Å². The van der Waals surface area contributed by atoms with Crippen LogP contribution in [0.2, 0.25) is 0 Å². The Bertz CT molecular complexity index is 280. The van der Waals surface area contributed by atoms with Gasteiger partial charge in [0.15, 0.2) is 0 Å². The summed E-state index contributed by atoms with van der Waals surface area (Å²) in [6, 6.07) is 0.423. The van der Waals surface area contributed by atoms with Crippen molar-refractivity contribution in [3.05, 3.63) is 18.2 Å². The summed E-state index contributed by atoms with van der Waals surface area (Å²) in [5.74, 6) is 1.19. The van der Waals surface area contributed by atoms with Gasteiger partial charge in [-0.05, 0) is 19.9 Å². The molecule has 0 radical (unpaired) electrons. The lowest BCUT2D eigenvalue weighted by atomic mass is 10.1. The summed E-state index contributed by atoms with van der Waals surface area (Å²) in [5, 5.41) is 3.54. The van der Waals surface area contributed by atoms with Gasteiger partial charge in [-0.1, -0.05) is 33.1 Å². The first-order valence-electron chi connectivity index (χ1n) is 6.57. The van der Waals surface area contributed by atoms with Crippen molar-refractivity contribution in [1.82, 2.24) is 14.9 Å². The van der Waals surface area contributed by atoms with Crippen LogP contribution in [0.1, 0.15) is 58.3 Å². The number of aromatic nitrogens is 2. The monoisotopic (exact) mass is 223 g/mol. The quantitative estimate of drug-likeness (QED) is 0.686. The van der Waals surface area contributed by atoms with Crippen molar-refractivity contribution >= 4 is 0 Å². The van der Waals surface area contributed by atoms with Gasteiger partial charge in [0.25, 0.3) is 0 Å². The van der Waals surface area contributed by atoms with Gasteiger partial charge < -0.3 is 9.88 Å². The van der Waals surface area contributed by atoms with Crippen molar-refractivity contribution < 1.29 is 0 Å². The van der Waals surface area contributed by atoms with Gasteiger partial charge in [-0.2, -0.15) is 0 Å². The molecule has 1 unspecified atom stereocenters. The molecule has 3 nitrogen and oxygen atoms in total. The first-order chi connectivity index (χ1) is 7.83. The first-order valence-corrected chi connectivity index (χ1v) is 6.57. The van der Waals surface area contributed by atoms with Gasteiger partial charge in [0, 0.05) is 18.9 Å². The Balaban J connectivity index is 2.61. The molecule has 1 aromatic rings. The molecule has 0 aliphatic rings. The van der Waals surface area contributed by atoms with Crippen molar-refractivity contribution in [3.8, 4) is 0 Å². The highest BCUT2D eigenvalue weighted by atomic mass is 15.1. The van der Waals surface area contributed by atoms with Gasteiger partial charge in [-0.15, -0.1) is 0 Å². The molecule has 1 aromatic heterocycles. The number of hydrogen-bond acceptors (Lipinski definition) is 2. The predicted molar refractivity (Wildman–Crippen MR) is 68.5 cm³/mol. The Morgan fingerprint density at radius 1 is 1.31 bits per heavy atom. The van der Waals surface area contributed by atoms with Crippen molar-refractivity contribution in [1.29, 1.82) is 0 Å². The molecule has 92 valence electrons. The summed E-state index contributed by atoms with van der Waals surface area (Å²) < 4.78 is 2.24. The van der Waals surface area contributed by atoms with E-state index in [4.69, 9.17) is 0 Å². The Hall–Kier alpha value is -0.830. The third-order valence-corrected chi connectivity index (χ3v) is 2.95. The molecule has 0 bridgehead atoms. The van der Waals surface area contributed by atoms with E-state index in [0.717, 1.165) is 13.1 Å². The fraction of sp³-hybridized carbons (Fsp3) is 0.769. The summed E-state index contributed by atoms with van der Waals surface area (Å²) >= 11 is 0. The van der Waals surface area contributed by atoms with E-state index in [1.54, 1.807) is 0 Å². The molecule has 0 fully saturated rings. The number of aryl methyl sites for hydroxylation is 1. The standard InChI is InChI=1S/C13H25N3/c1-4-7-8-9-12(14-5-2)13-15-10-11-16(13)6-3/h10-12,14H,4-9H2,1-3H3. The molecule has 0 aromatic carbocycles. The van der Waals surface area contributed by atoms with Gasteiger partial charge in [0.05, 0.1) is 6.04 Å². The lowest BCUT2D eigenvalue weighted by molar-refractivity contribution is 0.449. The molecule has 0 amide bonds. The number of imidazole rings is 1. The zero-order valence-corrected chi connectivity index (χ0v) is 10.9. The maximum atomic E-state index is 4.49. The van der Waals surface area contributed by atoms with E-state index < -0.39 is 0 Å². The molecule has 1 heterocycles. The molecule has 0 spiro atoms. The number of rotatable bonds is 8. The number of nitrogens with zero attached hydrogens (tertiary/aromatic N) is 2. The van der Waals surface area contributed by atoms with Gasteiger partial charge in [-0.3, -0.25) is 0 Å². The number of unbranched alkanes of at least 4 members (excludes halogenated alkanes) is 2. The highest BCUT2D eigenvalue weighted by Gasteiger charge is 2.14. The maximum absolute atomic E-state index is 4.49. The molecule has 0 saturated carbocycles. The Morgan fingerprint density at radius 3 is 2.75 bits per heavy atom. The van der Waals surface area contributed by atoms with E-state index in [1.807, 2.05) is 6.20 Å². The highest BCUT2D eigenvalue weighted by Crippen LogP contribution is 2.18. The summed E-state index contributed by atoms with van der Waals surface area (Å²) in [6.07, 6.45) is 9.04. The summed E-state index contributed by atoms with van der Waals surface area (Å²) in [5.41, 5.74) is 0. The second-order valence-corrected chi connectivity index (χ2v) is 4.18.